The second kappa shape index (κ2) is 7.01. The lowest BCUT2D eigenvalue weighted by Gasteiger charge is -2.10. The summed E-state index contributed by atoms with van der Waals surface area (Å²) in [5.41, 5.74) is 2.57. The number of thioether (sulfide) groups is 1. The van der Waals surface area contributed by atoms with Crippen molar-refractivity contribution in [2.24, 2.45) is 0 Å². The minimum Gasteiger partial charge on any atom is -0.322 e. The van der Waals surface area contributed by atoms with Gasteiger partial charge in [-0.05, 0) is 55.7 Å². The van der Waals surface area contributed by atoms with Gasteiger partial charge in [-0.15, -0.1) is 11.8 Å². The van der Waals surface area contributed by atoms with Crippen molar-refractivity contribution >= 4 is 23.4 Å². The van der Waals surface area contributed by atoms with Crippen LogP contribution in [0.4, 0.5) is 5.69 Å². The molecule has 0 radical (unpaired) electrons. The quantitative estimate of drug-likeness (QED) is 0.832. The minimum absolute atomic E-state index is 0.0469. The number of hydrogen-bond acceptors (Lipinski definition) is 2. The van der Waals surface area contributed by atoms with Crippen LogP contribution in [0.3, 0.4) is 0 Å². The number of amides is 1. The summed E-state index contributed by atoms with van der Waals surface area (Å²) in [6.45, 7) is 1.95. The van der Waals surface area contributed by atoms with Crippen molar-refractivity contribution < 1.29 is 4.79 Å². The molecular weight excluding hydrogens is 290 g/mol. The van der Waals surface area contributed by atoms with Crippen LogP contribution in [-0.2, 0) is 0 Å². The fraction of sp³-hybridized carbons (Fsp3) is 0.316. The molecule has 22 heavy (non-hydrogen) atoms. The first-order chi connectivity index (χ1) is 10.7. The molecule has 1 N–H and O–H groups in total. The first-order valence-electron chi connectivity index (χ1n) is 7.86. The Bertz CT molecular complexity index is 645. The maximum absolute atomic E-state index is 12.3. The van der Waals surface area contributed by atoms with Crippen LogP contribution in [0.25, 0.3) is 0 Å². The van der Waals surface area contributed by atoms with Crippen molar-refractivity contribution in [1.29, 1.82) is 0 Å². The third kappa shape index (κ3) is 3.72. The van der Waals surface area contributed by atoms with Crippen LogP contribution >= 0.6 is 11.8 Å². The Morgan fingerprint density at radius 3 is 2.41 bits per heavy atom. The summed E-state index contributed by atoms with van der Waals surface area (Å²) in [5.74, 6) is -0.0469. The van der Waals surface area contributed by atoms with E-state index in [0.717, 1.165) is 22.1 Å². The highest BCUT2D eigenvalue weighted by Crippen LogP contribution is 2.34. The summed E-state index contributed by atoms with van der Waals surface area (Å²) in [7, 11) is 0. The molecule has 1 aliphatic rings. The smallest absolute Gasteiger partial charge is 0.255 e. The van der Waals surface area contributed by atoms with Gasteiger partial charge in [-0.3, -0.25) is 4.79 Å². The van der Waals surface area contributed by atoms with Gasteiger partial charge in [-0.25, -0.2) is 0 Å². The normalized spacial score (nSPS) is 15.0. The first-order valence-corrected chi connectivity index (χ1v) is 8.74. The molecule has 0 unspecified atom stereocenters. The van der Waals surface area contributed by atoms with Crippen LogP contribution in [0.5, 0.6) is 0 Å². The number of anilines is 1. The Kier molecular flexibility index (Phi) is 4.84. The fourth-order valence-corrected chi connectivity index (χ4v) is 4.09. The van der Waals surface area contributed by atoms with Gasteiger partial charge in [0.1, 0.15) is 0 Å². The Balaban J connectivity index is 1.63. The van der Waals surface area contributed by atoms with Gasteiger partial charge in [-0.2, -0.15) is 0 Å². The average molecular weight is 311 g/mol. The fourth-order valence-electron chi connectivity index (χ4n) is 2.84. The number of aryl methyl sites for hydroxylation is 1. The van der Waals surface area contributed by atoms with E-state index < -0.39 is 0 Å². The van der Waals surface area contributed by atoms with E-state index in [9.17, 15) is 4.79 Å². The number of benzene rings is 2. The van der Waals surface area contributed by atoms with Gasteiger partial charge in [0.05, 0.1) is 0 Å². The standard InChI is InChI=1S/C19H21NOS/c1-14-6-2-5-9-18(14)19(21)20-15-10-12-17(13-11-15)22-16-7-3-4-8-16/h2,5-6,9-13,16H,3-4,7-8H2,1H3,(H,20,21). The van der Waals surface area contributed by atoms with Crippen molar-refractivity contribution in [3.05, 3.63) is 59.7 Å². The lowest BCUT2D eigenvalue weighted by Crippen LogP contribution is -2.13. The largest absolute Gasteiger partial charge is 0.322 e. The van der Waals surface area contributed by atoms with Gasteiger partial charge < -0.3 is 5.32 Å². The van der Waals surface area contributed by atoms with Crippen LogP contribution in [0.15, 0.2) is 53.4 Å². The monoisotopic (exact) mass is 311 g/mol. The number of nitrogens with one attached hydrogen (secondary N) is 1. The summed E-state index contributed by atoms with van der Waals surface area (Å²) >= 11 is 1.96. The van der Waals surface area contributed by atoms with Crippen molar-refractivity contribution in [3.63, 3.8) is 0 Å². The molecule has 1 aliphatic carbocycles. The minimum atomic E-state index is -0.0469. The molecule has 0 spiro atoms. The van der Waals surface area contributed by atoms with Gasteiger partial charge in [0.15, 0.2) is 0 Å². The summed E-state index contributed by atoms with van der Waals surface area (Å²) in [6.07, 6.45) is 5.39. The molecule has 1 amide bonds. The third-order valence-corrected chi connectivity index (χ3v) is 5.46. The summed E-state index contributed by atoms with van der Waals surface area (Å²) in [6, 6.07) is 15.9. The van der Waals surface area contributed by atoms with E-state index in [1.807, 2.05) is 55.1 Å². The second-order valence-electron chi connectivity index (χ2n) is 5.82. The Hall–Kier alpha value is -1.74. The van der Waals surface area contributed by atoms with E-state index in [-0.39, 0.29) is 5.91 Å². The van der Waals surface area contributed by atoms with Crippen molar-refractivity contribution in [1.82, 2.24) is 0 Å². The van der Waals surface area contributed by atoms with Crippen molar-refractivity contribution in [2.45, 2.75) is 42.8 Å². The van der Waals surface area contributed by atoms with Crippen LogP contribution < -0.4 is 5.32 Å². The predicted molar refractivity (Wildman–Crippen MR) is 93.7 cm³/mol. The van der Waals surface area contributed by atoms with E-state index in [1.165, 1.54) is 30.6 Å². The maximum atomic E-state index is 12.3. The molecule has 2 nitrogen and oxygen atoms in total. The third-order valence-electron chi connectivity index (χ3n) is 4.11. The zero-order valence-corrected chi connectivity index (χ0v) is 13.7. The maximum Gasteiger partial charge on any atom is 0.255 e. The van der Waals surface area contributed by atoms with Crippen molar-refractivity contribution in [3.8, 4) is 0 Å². The summed E-state index contributed by atoms with van der Waals surface area (Å²) in [5, 5.41) is 3.74. The highest BCUT2D eigenvalue weighted by Gasteiger charge is 2.16. The summed E-state index contributed by atoms with van der Waals surface area (Å²) < 4.78 is 0. The van der Waals surface area contributed by atoms with Gasteiger partial charge in [-0.1, -0.05) is 31.0 Å². The second-order valence-corrected chi connectivity index (χ2v) is 7.19. The Morgan fingerprint density at radius 1 is 1.05 bits per heavy atom. The molecule has 0 aliphatic heterocycles. The van der Waals surface area contributed by atoms with Crippen LogP contribution in [0.2, 0.25) is 0 Å². The van der Waals surface area contributed by atoms with E-state index in [0.29, 0.717) is 0 Å². The van der Waals surface area contributed by atoms with E-state index >= 15 is 0 Å². The molecule has 2 aromatic carbocycles. The molecular formula is C19H21NOS. The predicted octanol–water partition coefficient (Wildman–Crippen LogP) is 5.28. The van der Waals surface area contributed by atoms with E-state index in [2.05, 4.69) is 17.4 Å². The van der Waals surface area contributed by atoms with Gasteiger partial charge >= 0.3 is 0 Å². The average Bonchev–Trinajstić information content (AvgIpc) is 3.02. The lowest BCUT2D eigenvalue weighted by molar-refractivity contribution is 0.102. The highest BCUT2D eigenvalue weighted by atomic mass is 32.2. The van der Waals surface area contributed by atoms with Gasteiger partial charge in [0.25, 0.3) is 5.91 Å². The lowest BCUT2D eigenvalue weighted by atomic mass is 10.1. The topological polar surface area (TPSA) is 29.1 Å². The molecule has 0 saturated heterocycles. The molecule has 0 heterocycles. The molecule has 1 saturated carbocycles. The zero-order valence-electron chi connectivity index (χ0n) is 12.8. The molecule has 0 atom stereocenters. The van der Waals surface area contributed by atoms with Crippen molar-refractivity contribution in [2.75, 3.05) is 5.32 Å². The SMILES string of the molecule is Cc1ccccc1C(=O)Nc1ccc(SC2CCCC2)cc1. The van der Waals surface area contributed by atoms with E-state index in [4.69, 9.17) is 0 Å². The molecule has 1 fully saturated rings. The first kappa shape index (κ1) is 15.2. The molecule has 0 aromatic heterocycles. The molecule has 3 rings (SSSR count). The molecule has 114 valence electrons. The Morgan fingerprint density at radius 2 is 1.73 bits per heavy atom. The summed E-state index contributed by atoms with van der Waals surface area (Å²) in [4.78, 5) is 13.6. The highest BCUT2D eigenvalue weighted by molar-refractivity contribution is 8.00. The van der Waals surface area contributed by atoms with Gasteiger partial charge in [0.2, 0.25) is 0 Å². The molecule has 2 aromatic rings. The number of rotatable bonds is 4. The van der Waals surface area contributed by atoms with Gasteiger partial charge in [0, 0.05) is 21.4 Å². The van der Waals surface area contributed by atoms with Crippen LogP contribution in [0.1, 0.15) is 41.6 Å². The molecule has 0 bridgehead atoms. The number of hydrogen-bond donors (Lipinski definition) is 1. The van der Waals surface area contributed by atoms with Crippen LogP contribution in [-0.4, -0.2) is 11.2 Å². The molecule has 3 heteroatoms. The number of carbonyl (C=O) groups is 1. The van der Waals surface area contributed by atoms with E-state index in [1.54, 1.807) is 0 Å². The number of carbonyl (C=O) groups excluding carboxylic acids is 1. The van der Waals surface area contributed by atoms with Crippen LogP contribution in [0, 0.1) is 6.92 Å². The Labute approximate surface area is 136 Å². The zero-order chi connectivity index (χ0) is 15.4.